The third kappa shape index (κ3) is 3.93. The lowest BCUT2D eigenvalue weighted by molar-refractivity contribution is -0.120. The summed E-state index contributed by atoms with van der Waals surface area (Å²) in [5.74, 6) is 1.98. The van der Waals surface area contributed by atoms with Gasteiger partial charge in [-0.05, 0) is 6.92 Å². The van der Waals surface area contributed by atoms with Crippen molar-refractivity contribution in [3.8, 4) is 12.3 Å². The largest absolute Gasteiger partial charge is 0.394 e. The molecule has 0 rings (SSSR count). The van der Waals surface area contributed by atoms with Crippen LogP contribution in [0.2, 0.25) is 0 Å². The molecule has 0 radical (unpaired) electrons. The van der Waals surface area contributed by atoms with Crippen LogP contribution in [0.3, 0.4) is 0 Å². The van der Waals surface area contributed by atoms with E-state index in [1.54, 1.807) is 6.92 Å². The van der Waals surface area contributed by atoms with Crippen molar-refractivity contribution in [3.63, 3.8) is 0 Å². The van der Waals surface area contributed by atoms with E-state index in [0.29, 0.717) is 0 Å². The van der Waals surface area contributed by atoms with Gasteiger partial charge < -0.3 is 10.4 Å². The standard InChI is InChI=1S/C7H11NO2/c1-3-4-7(10)8-6(2)5-9/h1,6,9H,4-5H2,2H3,(H,8,10)/t6-/m1/s1. The van der Waals surface area contributed by atoms with Gasteiger partial charge in [0.1, 0.15) is 0 Å². The number of nitrogens with one attached hydrogen (secondary N) is 1. The Kier molecular flexibility index (Phi) is 4.34. The molecule has 0 aromatic carbocycles. The Balaban J connectivity index is 3.49. The third-order valence-electron chi connectivity index (χ3n) is 0.944. The number of terminal acetylenes is 1. The maximum atomic E-state index is 10.6. The first kappa shape index (κ1) is 8.99. The molecule has 0 aromatic rings. The van der Waals surface area contributed by atoms with Gasteiger partial charge in [-0.1, -0.05) is 5.92 Å². The van der Waals surface area contributed by atoms with Gasteiger partial charge in [-0.25, -0.2) is 0 Å². The molecule has 0 unspecified atom stereocenters. The highest BCUT2D eigenvalue weighted by Gasteiger charge is 2.02. The zero-order valence-electron chi connectivity index (χ0n) is 5.92. The first-order valence-corrected chi connectivity index (χ1v) is 3.04. The first-order chi connectivity index (χ1) is 4.70. The molecule has 0 saturated heterocycles. The van der Waals surface area contributed by atoms with E-state index in [0.717, 1.165) is 0 Å². The van der Waals surface area contributed by atoms with Gasteiger partial charge in [0, 0.05) is 6.04 Å². The number of amides is 1. The second kappa shape index (κ2) is 4.83. The van der Waals surface area contributed by atoms with Crippen molar-refractivity contribution in [3.05, 3.63) is 0 Å². The molecular weight excluding hydrogens is 130 g/mol. The Morgan fingerprint density at radius 1 is 1.90 bits per heavy atom. The molecule has 0 bridgehead atoms. The fourth-order valence-electron chi connectivity index (χ4n) is 0.464. The molecule has 0 aliphatic rings. The summed E-state index contributed by atoms with van der Waals surface area (Å²) in [7, 11) is 0. The van der Waals surface area contributed by atoms with E-state index in [1.807, 2.05) is 0 Å². The maximum absolute atomic E-state index is 10.6. The van der Waals surface area contributed by atoms with E-state index < -0.39 is 0 Å². The molecule has 0 aliphatic heterocycles. The van der Waals surface area contributed by atoms with Crippen molar-refractivity contribution in [1.29, 1.82) is 0 Å². The normalized spacial score (nSPS) is 11.7. The molecule has 2 N–H and O–H groups in total. The maximum Gasteiger partial charge on any atom is 0.232 e. The summed E-state index contributed by atoms with van der Waals surface area (Å²) in [4.78, 5) is 10.6. The van der Waals surface area contributed by atoms with Crippen LogP contribution in [0.4, 0.5) is 0 Å². The molecule has 0 heterocycles. The summed E-state index contributed by atoms with van der Waals surface area (Å²) in [6, 6.07) is -0.208. The monoisotopic (exact) mass is 141 g/mol. The minimum atomic E-state index is -0.218. The van der Waals surface area contributed by atoms with E-state index in [-0.39, 0.29) is 25.0 Å². The third-order valence-corrected chi connectivity index (χ3v) is 0.944. The molecule has 0 aliphatic carbocycles. The Morgan fingerprint density at radius 2 is 2.50 bits per heavy atom. The second-order valence-electron chi connectivity index (χ2n) is 2.03. The topological polar surface area (TPSA) is 49.3 Å². The molecule has 10 heavy (non-hydrogen) atoms. The van der Waals surface area contributed by atoms with Gasteiger partial charge >= 0.3 is 0 Å². The zero-order chi connectivity index (χ0) is 7.98. The number of aliphatic hydroxyl groups is 1. The quantitative estimate of drug-likeness (QED) is 0.521. The molecular formula is C7H11NO2. The van der Waals surface area contributed by atoms with Crippen LogP contribution in [-0.4, -0.2) is 23.7 Å². The highest BCUT2D eigenvalue weighted by molar-refractivity contribution is 5.78. The summed E-state index contributed by atoms with van der Waals surface area (Å²) in [6.45, 7) is 1.64. The highest BCUT2D eigenvalue weighted by atomic mass is 16.3. The average Bonchev–Trinajstić information content (AvgIpc) is 1.88. The molecule has 1 amide bonds. The predicted molar refractivity (Wildman–Crippen MR) is 38.1 cm³/mol. The molecule has 0 fully saturated rings. The zero-order valence-corrected chi connectivity index (χ0v) is 5.92. The van der Waals surface area contributed by atoms with E-state index in [1.165, 1.54) is 0 Å². The lowest BCUT2D eigenvalue weighted by atomic mass is 10.3. The summed E-state index contributed by atoms with van der Waals surface area (Å²) < 4.78 is 0. The highest BCUT2D eigenvalue weighted by Crippen LogP contribution is 1.81. The molecule has 3 nitrogen and oxygen atoms in total. The van der Waals surface area contributed by atoms with E-state index in [2.05, 4.69) is 11.2 Å². The first-order valence-electron chi connectivity index (χ1n) is 3.04. The van der Waals surface area contributed by atoms with E-state index in [9.17, 15) is 4.79 Å². The van der Waals surface area contributed by atoms with E-state index in [4.69, 9.17) is 11.5 Å². The molecule has 3 heteroatoms. The fraction of sp³-hybridized carbons (Fsp3) is 0.571. The van der Waals surface area contributed by atoms with Crippen LogP contribution in [0, 0.1) is 12.3 Å². The number of carbonyl (C=O) groups is 1. The lowest BCUT2D eigenvalue weighted by Gasteiger charge is -2.07. The van der Waals surface area contributed by atoms with Gasteiger partial charge in [0.15, 0.2) is 0 Å². The minimum absolute atomic E-state index is 0.0592. The summed E-state index contributed by atoms with van der Waals surface area (Å²) >= 11 is 0. The smallest absolute Gasteiger partial charge is 0.232 e. The van der Waals surface area contributed by atoms with Crippen LogP contribution >= 0.6 is 0 Å². The van der Waals surface area contributed by atoms with Crippen molar-refractivity contribution in [2.24, 2.45) is 0 Å². The summed E-state index contributed by atoms with van der Waals surface area (Å²) in [5, 5.41) is 11.0. The fourth-order valence-corrected chi connectivity index (χ4v) is 0.464. The Labute approximate surface area is 60.4 Å². The van der Waals surface area contributed by atoms with Gasteiger partial charge in [0.2, 0.25) is 5.91 Å². The number of rotatable bonds is 3. The van der Waals surface area contributed by atoms with Crippen molar-refractivity contribution in [1.82, 2.24) is 5.32 Å². The van der Waals surface area contributed by atoms with Crippen molar-refractivity contribution in [2.75, 3.05) is 6.61 Å². The van der Waals surface area contributed by atoms with Gasteiger partial charge in [-0.2, -0.15) is 0 Å². The number of carbonyl (C=O) groups excluding carboxylic acids is 1. The van der Waals surface area contributed by atoms with Crippen LogP contribution in [0.25, 0.3) is 0 Å². The Bertz CT molecular complexity index is 148. The van der Waals surface area contributed by atoms with Gasteiger partial charge in [0.05, 0.1) is 13.0 Å². The molecule has 0 saturated carbocycles. The van der Waals surface area contributed by atoms with Crippen molar-refractivity contribution >= 4 is 5.91 Å². The van der Waals surface area contributed by atoms with Crippen LogP contribution in [0.1, 0.15) is 13.3 Å². The van der Waals surface area contributed by atoms with E-state index >= 15 is 0 Å². The van der Waals surface area contributed by atoms with Gasteiger partial charge in [0.25, 0.3) is 0 Å². The van der Waals surface area contributed by atoms with Gasteiger partial charge in [-0.3, -0.25) is 4.79 Å². The van der Waals surface area contributed by atoms with Crippen LogP contribution in [0.5, 0.6) is 0 Å². The SMILES string of the molecule is C#CCC(=O)N[C@H](C)CO. The van der Waals surface area contributed by atoms with Gasteiger partial charge in [-0.15, -0.1) is 6.42 Å². The Morgan fingerprint density at radius 3 is 2.90 bits per heavy atom. The predicted octanol–water partition coefficient (Wildman–Crippen LogP) is -0.493. The minimum Gasteiger partial charge on any atom is -0.394 e. The summed E-state index contributed by atoms with van der Waals surface area (Å²) in [5.41, 5.74) is 0. The molecule has 56 valence electrons. The molecule has 0 spiro atoms. The number of aliphatic hydroxyl groups excluding tert-OH is 1. The average molecular weight is 141 g/mol. The van der Waals surface area contributed by atoms with Crippen LogP contribution in [0.15, 0.2) is 0 Å². The van der Waals surface area contributed by atoms with Crippen LogP contribution < -0.4 is 5.32 Å². The second-order valence-corrected chi connectivity index (χ2v) is 2.03. The lowest BCUT2D eigenvalue weighted by Crippen LogP contribution is -2.34. The van der Waals surface area contributed by atoms with Crippen molar-refractivity contribution in [2.45, 2.75) is 19.4 Å². The summed E-state index contributed by atoms with van der Waals surface area (Å²) in [6.07, 6.45) is 4.95. The molecule has 0 aromatic heterocycles. The molecule has 1 atom stereocenters. The van der Waals surface area contributed by atoms with Crippen molar-refractivity contribution < 1.29 is 9.90 Å². The van der Waals surface area contributed by atoms with Crippen LogP contribution in [-0.2, 0) is 4.79 Å². The number of hydrogen-bond donors (Lipinski definition) is 2. The Hall–Kier alpha value is -1.01. The number of hydrogen-bond acceptors (Lipinski definition) is 2.